The van der Waals surface area contributed by atoms with Crippen molar-refractivity contribution in [3.63, 3.8) is 0 Å². The normalized spacial score (nSPS) is 11.1. The minimum absolute atomic E-state index is 0.0337. The lowest BCUT2D eigenvalue weighted by atomic mass is 10.2. The summed E-state index contributed by atoms with van der Waals surface area (Å²) in [5.41, 5.74) is 1.32. The van der Waals surface area contributed by atoms with Crippen LogP contribution in [0, 0.1) is 5.82 Å². The molecule has 0 fully saturated rings. The number of nitrogens with one attached hydrogen (secondary N) is 2. The van der Waals surface area contributed by atoms with Gasteiger partial charge in [-0.2, -0.15) is 4.98 Å². The zero-order valence-corrected chi connectivity index (χ0v) is 17.6. The molecule has 2 N–H and O–H groups in total. The van der Waals surface area contributed by atoms with E-state index in [0.717, 1.165) is 5.56 Å². The predicted molar refractivity (Wildman–Crippen MR) is 120 cm³/mol. The first-order valence-electron chi connectivity index (χ1n) is 9.25. The van der Waals surface area contributed by atoms with Crippen LogP contribution in [0.4, 0.5) is 10.3 Å². The molecule has 0 unspecified atom stereocenters. The van der Waals surface area contributed by atoms with Crippen LogP contribution < -0.4 is 10.9 Å². The molecule has 0 saturated heterocycles. The van der Waals surface area contributed by atoms with Crippen LogP contribution in [0.2, 0.25) is 5.02 Å². The molecule has 0 radical (unpaired) electrons. The van der Waals surface area contributed by atoms with E-state index in [1.54, 1.807) is 40.9 Å². The zero-order chi connectivity index (χ0) is 22.2. The van der Waals surface area contributed by atoms with E-state index in [-0.39, 0.29) is 17.3 Å². The summed E-state index contributed by atoms with van der Waals surface area (Å²) < 4.78 is 14.7. The third-order valence-corrected chi connectivity index (χ3v) is 5.68. The summed E-state index contributed by atoms with van der Waals surface area (Å²) in [6.07, 6.45) is 1.19. The van der Waals surface area contributed by atoms with Crippen LogP contribution in [0.15, 0.2) is 64.9 Å². The summed E-state index contributed by atoms with van der Waals surface area (Å²) >= 11 is 7.19. The molecule has 0 aliphatic carbocycles. The molecule has 5 aromatic rings. The Hall–Kier alpha value is -3.89. The Kier molecular flexibility index (Phi) is 5.00. The van der Waals surface area contributed by atoms with Crippen molar-refractivity contribution in [2.24, 2.45) is 0 Å². The van der Waals surface area contributed by atoms with Crippen molar-refractivity contribution < 1.29 is 9.18 Å². The molecular formula is C21H12ClFN6O2S. The number of rotatable bonds is 4. The molecule has 0 bridgehead atoms. The molecule has 0 aliphatic heterocycles. The van der Waals surface area contributed by atoms with Gasteiger partial charge in [0, 0.05) is 27.7 Å². The lowest BCUT2D eigenvalue weighted by Crippen LogP contribution is -2.24. The zero-order valence-electron chi connectivity index (χ0n) is 16.0. The van der Waals surface area contributed by atoms with Crippen molar-refractivity contribution in [1.29, 1.82) is 0 Å². The molecule has 2 aromatic carbocycles. The van der Waals surface area contributed by atoms with Gasteiger partial charge < -0.3 is 4.98 Å². The van der Waals surface area contributed by atoms with Crippen molar-refractivity contribution in [1.82, 2.24) is 24.6 Å². The second-order valence-electron chi connectivity index (χ2n) is 6.69. The van der Waals surface area contributed by atoms with Gasteiger partial charge in [0.2, 0.25) is 4.96 Å². The number of nitrogens with zero attached hydrogens (tertiary/aromatic N) is 4. The number of benzene rings is 2. The number of halogens is 2. The van der Waals surface area contributed by atoms with Gasteiger partial charge in [-0.3, -0.25) is 14.9 Å². The number of carbonyl (C=O) groups excluding carboxylic acids is 1. The molecule has 8 nitrogen and oxygen atoms in total. The van der Waals surface area contributed by atoms with Gasteiger partial charge in [0.15, 0.2) is 0 Å². The Balaban J connectivity index is 1.39. The third-order valence-electron chi connectivity index (χ3n) is 4.61. The molecule has 3 aromatic heterocycles. The highest BCUT2D eigenvalue weighted by molar-refractivity contribution is 7.15. The minimum atomic E-state index is -0.692. The van der Waals surface area contributed by atoms with Crippen molar-refractivity contribution >= 4 is 39.8 Å². The Morgan fingerprint density at radius 3 is 2.53 bits per heavy atom. The molecule has 0 atom stereocenters. The van der Waals surface area contributed by atoms with Crippen molar-refractivity contribution in [2.75, 3.05) is 5.32 Å². The summed E-state index contributed by atoms with van der Waals surface area (Å²) in [7, 11) is 0. The first-order valence-corrected chi connectivity index (χ1v) is 10.5. The Bertz CT molecular complexity index is 1510. The van der Waals surface area contributed by atoms with Gasteiger partial charge in [0.1, 0.15) is 17.2 Å². The van der Waals surface area contributed by atoms with Gasteiger partial charge in [0.05, 0.1) is 5.69 Å². The highest BCUT2D eigenvalue weighted by Gasteiger charge is 2.17. The standard InChI is InChI=1S/C21H12ClFN6O2S/c22-13-5-1-12(2-6-13)17-24-9-15(18(30)25-17)19(31)26-20-27-21-29(28-20)16(10-32-21)11-3-7-14(23)8-4-11/h1-10H,(H,24,25,30)(H,26,28,31). The van der Waals surface area contributed by atoms with E-state index in [4.69, 9.17) is 11.6 Å². The van der Waals surface area contributed by atoms with Crippen molar-refractivity contribution in [3.05, 3.63) is 86.9 Å². The fourth-order valence-corrected chi connectivity index (χ4v) is 3.99. The molecule has 11 heteroatoms. The van der Waals surface area contributed by atoms with Crippen LogP contribution >= 0.6 is 22.9 Å². The Morgan fingerprint density at radius 2 is 1.81 bits per heavy atom. The van der Waals surface area contributed by atoms with Crippen molar-refractivity contribution in [2.45, 2.75) is 0 Å². The van der Waals surface area contributed by atoms with Gasteiger partial charge >= 0.3 is 0 Å². The van der Waals surface area contributed by atoms with E-state index in [9.17, 15) is 14.0 Å². The average molecular weight is 467 g/mol. The van der Waals surface area contributed by atoms with E-state index in [1.807, 2.05) is 5.38 Å². The molecule has 32 heavy (non-hydrogen) atoms. The second-order valence-corrected chi connectivity index (χ2v) is 7.97. The number of fused-ring (bicyclic) bond motifs is 1. The third kappa shape index (κ3) is 3.77. The van der Waals surface area contributed by atoms with Crippen LogP contribution in [0.25, 0.3) is 27.6 Å². The van der Waals surface area contributed by atoms with Gasteiger partial charge in [-0.15, -0.1) is 16.4 Å². The van der Waals surface area contributed by atoms with E-state index in [2.05, 4.69) is 25.4 Å². The molecular weight excluding hydrogens is 455 g/mol. The van der Waals surface area contributed by atoms with E-state index in [1.165, 1.54) is 29.7 Å². The second kappa shape index (κ2) is 7.98. The monoisotopic (exact) mass is 466 g/mol. The lowest BCUT2D eigenvalue weighted by molar-refractivity contribution is 0.102. The largest absolute Gasteiger partial charge is 0.306 e. The Labute approximate surface area is 188 Å². The molecule has 0 aliphatic rings. The van der Waals surface area contributed by atoms with Crippen LogP contribution in [-0.2, 0) is 0 Å². The van der Waals surface area contributed by atoms with Gasteiger partial charge in [0.25, 0.3) is 17.4 Å². The quantitative estimate of drug-likeness (QED) is 0.412. The maximum absolute atomic E-state index is 13.2. The van der Waals surface area contributed by atoms with Gasteiger partial charge in [-0.25, -0.2) is 13.9 Å². The number of hydrogen-bond acceptors (Lipinski definition) is 6. The predicted octanol–water partition coefficient (Wildman–Crippen LogP) is 4.25. The number of amides is 1. The number of H-pyrrole nitrogens is 1. The number of anilines is 1. The Morgan fingerprint density at radius 1 is 1.09 bits per heavy atom. The van der Waals surface area contributed by atoms with E-state index >= 15 is 0 Å². The molecule has 0 saturated carbocycles. The van der Waals surface area contributed by atoms with E-state index < -0.39 is 11.5 Å². The summed E-state index contributed by atoms with van der Waals surface area (Å²) in [5.74, 6) is -0.685. The lowest BCUT2D eigenvalue weighted by Gasteiger charge is -2.03. The highest BCUT2D eigenvalue weighted by atomic mass is 35.5. The number of aromatic nitrogens is 5. The van der Waals surface area contributed by atoms with E-state index in [0.29, 0.717) is 27.1 Å². The smallest absolute Gasteiger partial charge is 0.265 e. The summed E-state index contributed by atoms with van der Waals surface area (Å²) in [5, 5.41) is 9.19. The summed E-state index contributed by atoms with van der Waals surface area (Å²) in [6.45, 7) is 0. The topological polar surface area (TPSA) is 105 Å². The number of aromatic amines is 1. The van der Waals surface area contributed by atoms with Crippen molar-refractivity contribution in [3.8, 4) is 22.6 Å². The summed E-state index contributed by atoms with van der Waals surface area (Å²) in [4.78, 5) is 36.6. The molecule has 5 rings (SSSR count). The van der Waals surface area contributed by atoms with Gasteiger partial charge in [-0.1, -0.05) is 11.6 Å². The average Bonchev–Trinajstić information content (AvgIpc) is 3.35. The minimum Gasteiger partial charge on any atom is -0.306 e. The molecule has 1 amide bonds. The fraction of sp³-hybridized carbons (Fsp3) is 0. The molecule has 3 heterocycles. The maximum Gasteiger partial charge on any atom is 0.265 e. The SMILES string of the molecule is O=C(Nc1nc2scc(-c3ccc(F)cc3)n2n1)c1cnc(-c2ccc(Cl)cc2)[nH]c1=O. The first kappa shape index (κ1) is 20.0. The first-order chi connectivity index (χ1) is 15.5. The highest BCUT2D eigenvalue weighted by Crippen LogP contribution is 2.26. The fourth-order valence-electron chi connectivity index (χ4n) is 3.03. The molecule has 158 valence electrons. The number of carbonyl (C=O) groups is 1. The maximum atomic E-state index is 13.2. The van der Waals surface area contributed by atoms with Gasteiger partial charge in [-0.05, 0) is 48.5 Å². The summed E-state index contributed by atoms with van der Waals surface area (Å²) in [6, 6.07) is 12.7. The molecule has 0 spiro atoms. The number of thiazole rings is 1. The van der Waals surface area contributed by atoms with Crippen LogP contribution in [0.1, 0.15) is 10.4 Å². The van der Waals surface area contributed by atoms with Crippen LogP contribution in [0.5, 0.6) is 0 Å². The van der Waals surface area contributed by atoms with Crippen LogP contribution in [-0.4, -0.2) is 30.5 Å². The van der Waals surface area contributed by atoms with Crippen LogP contribution in [0.3, 0.4) is 0 Å². The number of hydrogen-bond donors (Lipinski definition) is 2.